The first kappa shape index (κ1) is 12.4. The van der Waals surface area contributed by atoms with Crippen molar-refractivity contribution in [2.45, 2.75) is 38.8 Å². The molecule has 0 heterocycles. The first-order chi connectivity index (χ1) is 5.69. The zero-order valence-electron chi connectivity index (χ0n) is 8.63. The Labute approximate surface area is 80.1 Å². The van der Waals surface area contributed by atoms with Crippen LogP contribution in [0.3, 0.4) is 0 Å². The molecule has 0 fully saturated rings. The van der Waals surface area contributed by atoms with Crippen LogP contribution in [-0.2, 0) is 9.45 Å². The van der Waals surface area contributed by atoms with Crippen molar-refractivity contribution in [2.24, 2.45) is 0 Å². The number of carbonyl (C=O) groups excluding carboxylic acids is 1. The van der Waals surface area contributed by atoms with Crippen LogP contribution in [0.25, 0.3) is 0 Å². The maximum Gasteiger partial charge on any atom is 0.328 e. The molecule has 0 bridgehead atoms. The van der Waals surface area contributed by atoms with Crippen molar-refractivity contribution in [2.75, 3.05) is 0 Å². The molecule has 1 radical (unpaired) electrons. The summed E-state index contributed by atoms with van der Waals surface area (Å²) in [5.41, 5.74) is -2.00. The summed E-state index contributed by atoms with van der Waals surface area (Å²) < 4.78 is 5.15. The van der Waals surface area contributed by atoms with Gasteiger partial charge in [-0.15, -0.1) is 0 Å². The Hall–Kier alpha value is -0.605. The minimum absolute atomic E-state index is 0.215. The van der Waals surface area contributed by atoms with E-state index < -0.39 is 11.1 Å². The van der Waals surface area contributed by atoms with Gasteiger partial charge < -0.3 is 9.76 Å². The fourth-order valence-electron chi connectivity index (χ4n) is 0.595. The molecule has 0 aromatic carbocycles. The van der Waals surface area contributed by atoms with Crippen molar-refractivity contribution in [3.05, 3.63) is 12.7 Å². The lowest BCUT2D eigenvalue weighted by molar-refractivity contribution is -0.127. The van der Waals surface area contributed by atoms with Crippen molar-refractivity contribution in [1.29, 1.82) is 0 Å². The number of ketones is 1. The SMILES string of the molecule is C=CC(=O)C(C)(C)O[B]C(C)(C)O. The van der Waals surface area contributed by atoms with E-state index in [0.29, 0.717) is 0 Å². The van der Waals surface area contributed by atoms with Crippen LogP contribution in [-0.4, -0.2) is 29.5 Å². The Morgan fingerprint density at radius 3 is 2.23 bits per heavy atom. The molecular formula is C9H16BO3. The van der Waals surface area contributed by atoms with Gasteiger partial charge in [0, 0.05) is 0 Å². The smallest absolute Gasteiger partial charge is 0.328 e. The zero-order valence-corrected chi connectivity index (χ0v) is 8.63. The van der Waals surface area contributed by atoms with Gasteiger partial charge in [-0.1, -0.05) is 6.58 Å². The lowest BCUT2D eigenvalue weighted by Crippen LogP contribution is -2.41. The minimum Gasteiger partial charge on any atom is -0.426 e. The van der Waals surface area contributed by atoms with E-state index in [0.717, 1.165) is 0 Å². The molecular weight excluding hydrogens is 167 g/mol. The number of carbonyl (C=O) groups is 1. The Morgan fingerprint density at radius 1 is 1.46 bits per heavy atom. The molecule has 73 valence electrons. The Balaban J connectivity index is 4.19. The standard InChI is InChI=1S/C9H16BO3/c1-6-7(11)8(2,3)13-10-9(4,5)12/h6,12H,1H2,2-5H3. The van der Waals surface area contributed by atoms with Crippen molar-refractivity contribution in [3.63, 3.8) is 0 Å². The van der Waals surface area contributed by atoms with E-state index in [1.54, 1.807) is 27.7 Å². The van der Waals surface area contributed by atoms with Gasteiger partial charge in [-0.25, -0.2) is 0 Å². The van der Waals surface area contributed by atoms with Crippen LogP contribution in [0.5, 0.6) is 0 Å². The number of hydrogen-bond donors (Lipinski definition) is 1. The van der Waals surface area contributed by atoms with Crippen molar-refractivity contribution < 1.29 is 14.6 Å². The van der Waals surface area contributed by atoms with Crippen LogP contribution in [0.15, 0.2) is 12.7 Å². The molecule has 0 spiro atoms. The molecule has 4 heteroatoms. The van der Waals surface area contributed by atoms with E-state index in [1.807, 2.05) is 0 Å². The summed E-state index contributed by atoms with van der Waals surface area (Å²) in [7, 11) is 1.24. The van der Waals surface area contributed by atoms with Gasteiger partial charge in [0.1, 0.15) is 5.60 Å². The topological polar surface area (TPSA) is 46.5 Å². The van der Waals surface area contributed by atoms with Gasteiger partial charge in [0.05, 0.1) is 5.50 Å². The lowest BCUT2D eigenvalue weighted by atomic mass is 9.77. The van der Waals surface area contributed by atoms with Crippen LogP contribution < -0.4 is 0 Å². The maximum atomic E-state index is 11.2. The van der Waals surface area contributed by atoms with Crippen molar-refractivity contribution >= 4 is 13.3 Å². The molecule has 0 aliphatic rings. The van der Waals surface area contributed by atoms with Crippen LogP contribution in [0.2, 0.25) is 0 Å². The molecule has 0 saturated carbocycles. The molecule has 0 aromatic rings. The molecule has 13 heavy (non-hydrogen) atoms. The predicted octanol–water partition coefficient (Wildman–Crippen LogP) is 0.884. The van der Waals surface area contributed by atoms with Gasteiger partial charge in [-0.2, -0.15) is 0 Å². The third-order valence-corrected chi connectivity index (χ3v) is 1.42. The summed E-state index contributed by atoms with van der Waals surface area (Å²) in [6.45, 7) is 9.76. The molecule has 0 atom stereocenters. The van der Waals surface area contributed by atoms with E-state index in [-0.39, 0.29) is 5.78 Å². The first-order valence-electron chi connectivity index (χ1n) is 4.10. The summed E-state index contributed by atoms with van der Waals surface area (Å²) in [5.74, 6) is -0.215. The highest BCUT2D eigenvalue weighted by Crippen LogP contribution is 2.13. The average Bonchev–Trinajstić information content (AvgIpc) is 1.98. The first-order valence-corrected chi connectivity index (χ1v) is 4.10. The molecule has 0 amide bonds. The van der Waals surface area contributed by atoms with Gasteiger partial charge in [-0.3, -0.25) is 4.79 Å². The summed E-state index contributed by atoms with van der Waals surface area (Å²) in [6, 6.07) is 0. The van der Waals surface area contributed by atoms with Gasteiger partial charge in [0.25, 0.3) is 0 Å². The zero-order chi connectivity index (χ0) is 10.7. The predicted molar refractivity (Wildman–Crippen MR) is 52.4 cm³/mol. The number of rotatable bonds is 5. The molecule has 0 saturated heterocycles. The fourth-order valence-corrected chi connectivity index (χ4v) is 0.595. The Morgan fingerprint density at radius 2 is 1.92 bits per heavy atom. The second-order valence-corrected chi connectivity index (χ2v) is 3.97. The van der Waals surface area contributed by atoms with E-state index in [2.05, 4.69) is 6.58 Å². The van der Waals surface area contributed by atoms with Crippen LogP contribution in [0.1, 0.15) is 27.7 Å². The van der Waals surface area contributed by atoms with E-state index in [9.17, 15) is 9.90 Å². The summed E-state index contributed by atoms with van der Waals surface area (Å²) in [5, 5.41) is 9.32. The van der Waals surface area contributed by atoms with Crippen LogP contribution >= 0.6 is 0 Å². The van der Waals surface area contributed by atoms with Gasteiger partial charge in [-0.05, 0) is 33.8 Å². The van der Waals surface area contributed by atoms with E-state index in [4.69, 9.17) is 4.65 Å². The maximum absolute atomic E-state index is 11.2. The number of aliphatic hydroxyl groups is 1. The molecule has 0 unspecified atom stereocenters. The van der Waals surface area contributed by atoms with Gasteiger partial charge in [0.15, 0.2) is 5.78 Å². The minimum atomic E-state index is -1.04. The quantitative estimate of drug-likeness (QED) is 0.508. The third kappa shape index (κ3) is 4.85. The molecule has 3 nitrogen and oxygen atoms in total. The van der Waals surface area contributed by atoms with E-state index in [1.165, 1.54) is 13.6 Å². The highest BCUT2D eigenvalue weighted by molar-refractivity contribution is 6.32. The van der Waals surface area contributed by atoms with Crippen LogP contribution in [0, 0.1) is 0 Å². The van der Waals surface area contributed by atoms with Gasteiger partial charge >= 0.3 is 7.48 Å². The second-order valence-electron chi connectivity index (χ2n) is 3.97. The van der Waals surface area contributed by atoms with E-state index >= 15 is 0 Å². The largest absolute Gasteiger partial charge is 0.426 e. The lowest BCUT2D eigenvalue weighted by Gasteiger charge is -2.26. The third-order valence-electron chi connectivity index (χ3n) is 1.42. The summed E-state index contributed by atoms with van der Waals surface area (Å²) >= 11 is 0. The molecule has 0 rings (SSSR count). The molecule has 1 N–H and O–H groups in total. The summed E-state index contributed by atoms with van der Waals surface area (Å²) in [6.07, 6.45) is 1.21. The monoisotopic (exact) mass is 183 g/mol. The Kier molecular flexibility index (Phi) is 3.88. The number of hydrogen-bond acceptors (Lipinski definition) is 3. The van der Waals surface area contributed by atoms with Crippen molar-refractivity contribution in [1.82, 2.24) is 0 Å². The molecule has 0 aliphatic heterocycles. The highest BCUT2D eigenvalue weighted by Gasteiger charge is 2.29. The fraction of sp³-hybridized carbons (Fsp3) is 0.667. The Bertz CT molecular complexity index is 203. The molecule has 0 aliphatic carbocycles. The molecule has 0 aromatic heterocycles. The van der Waals surface area contributed by atoms with Gasteiger partial charge in [0.2, 0.25) is 0 Å². The normalized spacial score (nSPS) is 12.4. The highest BCUT2D eigenvalue weighted by atomic mass is 16.5. The van der Waals surface area contributed by atoms with Crippen LogP contribution in [0.4, 0.5) is 0 Å². The second kappa shape index (κ2) is 4.07. The summed E-state index contributed by atoms with van der Waals surface area (Å²) in [4.78, 5) is 11.2. The van der Waals surface area contributed by atoms with Crippen molar-refractivity contribution in [3.8, 4) is 0 Å². The average molecular weight is 183 g/mol.